The SMILES string of the molecule is CCn1nc(CC(C)C)cc1C(=O)N(C)C(C)c1cc2ccccc2[nH]1. The number of para-hydroxylation sites is 1. The van der Waals surface area contributed by atoms with E-state index in [4.69, 9.17) is 0 Å². The van der Waals surface area contributed by atoms with E-state index >= 15 is 0 Å². The van der Waals surface area contributed by atoms with Gasteiger partial charge in [0.15, 0.2) is 0 Å². The molecule has 0 fully saturated rings. The zero-order chi connectivity index (χ0) is 18.8. The van der Waals surface area contributed by atoms with Crippen molar-refractivity contribution in [3.63, 3.8) is 0 Å². The third-order valence-corrected chi connectivity index (χ3v) is 4.87. The van der Waals surface area contributed by atoms with Gasteiger partial charge in [0.25, 0.3) is 5.91 Å². The normalized spacial score (nSPS) is 12.7. The molecule has 1 aromatic carbocycles. The van der Waals surface area contributed by atoms with E-state index in [2.05, 4.69) is 42.1 Å². The highest BCUT2D eigenvalue weighted by Gasteiger charge is 2.24. The lowest BCUT2D eigenvalue weighted by atomic mass is 10.1. The first-order valence-electron chi connectivity index (χ1n) is 9.32. The van der Waals surface area contributed by atoms with Crippen molar-refractivity contribution in [2.75, 3.05) is 7.05 Å². The number of rotatable bonds is 6. The monoisotopic (exact) mass is 352 g/mol. The number of nitrogens with one attached hydrogen (secondary N) is 1. The fourth-order valence-corrected chi connectivity index (χ4v) is 3.29. The number of H-pyrrole nitrogens is 1. The second-order valence-electron chi connectivity index (χ2n) is 7.34. The summed E-state index contributed by atoms with van der Waals surface area (Å²) < 4.78 is 1.81. The van der Waals surface area contributed by atoms with Crippen LogP contribution < -0.4 is 0 Å². The first-order chi connectivity index (χ1) is 12.4. The summed E-state index contributed by atoms with van der Waals surface area (Å²) in [5, 5.41) is 5.76. The summed E-state index contributed by atoms with van der Waals surface area (Å²) in [6.07, 6.45) is 0.883. The van der Waals surface area contributed by atoms with Gasteiger partial charge in [0.1, 0.15) is 5.69 Å². The van der Waals surface area contributed by atoms with Crippen LogP contribution in [0.1, 0.15) is 55.6 Å². The molecule has 0 spiro atoms. The Bertz CT molecular complexity index is 873. The van der Waals surface area contributed by atoms with Gasteiger partial charge < -0.3 is 9.88 Å². The van der Waals surface area contributed by atoms with Crippen molar-refractivity contribution in [3.8, 4) is 0 Å². The zero-order valence-electron chi connectivity index (χ0n) is 16.3. The summed E-state index contributed by atoms with van der Waals surface area (Å²) in [6.45, 7) is 9.08. The molecule has 0 aliphatic heterocycles. The lowest BCUT2D eigenvalue weighted by Gasteiger charge is -2.24. The molecule has 5 heteroatoms. The average Bonchev–Trinajstić information content (AvgIpc) is 3.22. The van der Waals surface area contributed by atoms with Crippen LogP contribution in [0.5, 0.6) is 0 Å². The van der Waals surface area contributed by atoms with Gasteiger partial charge in [-0.05, 0) is 49.8 Å². The second kappa shape index (κ2) is 7.36. The lowest BCUT2D eigenvalue weighted by Crippen LogP contribution is -2.31. The van der Waals surface area contributed by atoms with Gasteiger partial charge in [-0.15, -0.1) is 0 Å². The number of benzene rings is 1. The Labute approximate surface area is 155 Å². The number of fused-ring (bicyclic) bond motifs is 1. The van der Waals surface area contributed by atoms with Crippen LogP contribution in [0.2, 0.25) is 0 Å². The lowest BCUT2D eigenvalue weighted by molar-refractivity contribution is 0.0727. The Hall–Kier alpha value is -2.56. The van der Waals surface area contributed by atoms with E-state index in [1.54, 1.807) is 4.90 Å². The molecule has 0 aliphatic rings. The fraction of sp³-hybridized carbons (Fsp3) is 0.429. The highest BCUT2D eigenvalue weighted by molar-refractivity contribution is 5.93. The number of hydrogen-bond donors (Lipinski definition) is 1. The number of carbonyl (C=O) groups is 1. The summed E-state index contributed by atoms with van der Waals surface area (Å²) >= 11 is 0. The molecule has 0 aliphatic carbocycles. The molecule has 2 heterocycles. The predicted octanol–water partition coefficient (Wildman–Crippen LogP) is 4.42. The molecule has 1 amide bonds. The molecule has 3 rings (SSSR count). The Kier molecular flexibility index (Phi) is 5.16. The summed E-state index contributed by atoms with van der Waals surface area (Å²) in [6, 6.07) is 12.2. The van der Waals surface area contributed by atoms with Crippen molar-refractivity contribution < 1.29 is 4.79 Å². The van der Waals surface area contributed by atoms with Gasteiger partial charge in [-0.25, -0.2) is 0 Å². The third-order valence-electron chi connectivity index (χ3n) is 4.87. The quantitative estimate of drug-likeness (QED) is 0.714. The van der Waals surface area contributed by atoms with Gasteiger partial charge in [0.05, 0.1) is 11.7 Å². The first-order valence-corrected chi connectivity index (χ1v) is 9.32. The van der Waals surface area contributed by atoms with Crippen LogP contribution in [-0.2, 0) is 13.0 Å². The van der Waals surface area contributed by atoms with Crippen LogP contribution in [0.4, 0.5) is 0 Å². The largest absolute Gasteiger partial charge is 0.357 e. The summed E-state index contributed by atoms with van der Waals surface area (Å²) in [4.78, 5) is 18.3. The Morgan fingerprint density at radius 2 is 1.96 bits per heavy atom. The number of nitrogens with zero attached hydrogens (tertiary/aromatic N) is 3. The predicted molar refractivity (Wildman–Crippen MR) is 105 cm³/mol. The molecule has 0 radical (unpaired) electrons. The number of carbonyl (C=O) groups excluding carboxylic acids is 1. The molecule has 26 heavy (non-hydrogen) atoms. The Balaban J connectivity index is 1.85. The van der Waals surface area contributed by atoms with Crippen LogP contribution in [-0.4, -0.2) is 32.6 Å². The third kappa shape index (κ3) is 3.52. The number of aromatic nitrogens is 3. The standard InChI is InChI=1S/C21H28N4O/c1-6-25-20(13-17(23-25)11-14(2)3)21(26)24(5)15(4)19-12-16-9-7-8-10-18(16)22-19/h7-10,12-15,22H,6,11H2,1-5H3. The molecule has 1 N–H and O–H groups in total. The van der Waals surface area contributed by atoms with E-state index in [9.17, 15) is 4.79 Å². The molecule has 2 aromatic heterocycles. The topological polar surface area (TPSA) is 53.9 Å². The van der Waals surface area contributed by atoms with Gasteiger partial charge in [-0.2, -0.15) is 5.10 Å². The van der Waals surface area contributed by atoms with Gasteiger partial charge >= 0.3 is 0 Å². The van der Waals surface area contributed by atoms with E-state index in [1.165, 1.54) is 0 Å². The molecule has 138 valence electrons. The summed E-state index contributed by atoms with van der Waals surface area (Å²) in [5.41, 5.74) is 3.77. The van der Waals surface area contributed by atoms with Crippen molar-refractivity contribution in [1.29, 1.82) is 0 Å². The minimum atomic E-state index is -0.0522. The average molecular weight is 352 g/mol. The van der Waals surface area contributed by atoms with Crippen LogP contribution in [0.25, 0.3) is 10.9 Å². The van der Waals surface area contributed by atoms with E-state index < -0.39 is 0 Å². The van der Waals surface area contributed by atoms with E-state index in [-0.39, 0.29) is 11.9 Å². The van der Waals surface area contributed by atoms with E-state index in [0.717, 1.165) is 28.7 Å². The van der Waals surface area contributed by atoms with Crippen molar-refractivity contribution >= 4 is 16.8 Å². The summed E-state index contributed by atoms with van der Waals surface area (Å²) in [5.74, 6) is 0.515. The molecule has 0 saturated heterocycles. The first kappa shape index (κ1) is 18.2. The molecule has 0 bridgehead atoms. The zero-order valence-corrected chi connectivity index (χ0v) is 16.3. The maximum Gasteiger partial charge on any atom is 0.272 e. The minimum Gasteiger partial charge on any atom is -0.357 e. The Morgan fingerprint density at radius 1 is 1.23 bits per heavy atom. The van der Waals surface area contributed by atoms with Gasteiger partial charge in [-0.1, -0.05) is 32.0 Å². The maximum absolute atomic E-state index is 13.1. The van der Waals surface area contributed by atoms with Crippen LogP contribution in [0.3, 0.4) is 0 Å². The molecular weight excluding hydrogens is 324 g/mol. The number of hydrogen-bond acceptors (Lipinski definition) is 2. The number of amides is 1. The van der Waals surface area contributed by atoms with Crippen molar-refractivity contribution in [3.05, 3.63) is 53.5 Å². The number of aromatic amines is 1. The molecule has 1 unspecified atom stereocenters. The highest BCUT2D eigenvalue weighted by Crippen LogP contribution is 2.24. The fourth-order valence-electron chi connectivity index (χ4n) is 3.29. The van der Waals surface area contributed by atoms with Crippen LogP contribution >= 0.6 is 0 Å². The minimum absolute atomic E-state index is 0.000474. The highest BCUT2D eigenvalue weighted by atomic mass is 16.2. The van der Waals surface area contributed by atoms with Crippen molar-refractivity contribution in [1.82, 2.24) is 19.7 Å². The molecule has 1 atom stereocenters. The van der Waals surface area contributed by atoms with E-state index in [0.29, 0.717) is 18.2 Å². The van der Waals surface area contributed by atoms with Crippen molar-refractivity contribution in [2.24, 2.45) is 5.92 Å². The van der Waals surface area contributed by atoms with Crippen molar-refractivity contribution in [2.45, 2.75) is 46.7 Å². The summed E-state index contributed by atoms with van der Waals surface area (Å²) in [7, 11) is 1.85. The molecule has 3 aromatic rings. The van der Waals surface area contributed by atoms with Gasteiger partial charge in [0, 0.05) is 24.8 Å². The number of aryl methyl sites for hydroxylation is 1. The van der Waals surface area contributed by atoms with Gasteiger partial charge in [-0.3, -0.25) is 9.48 Å². The maximum atomic E-state index is 13.1. The Morgan fingerprint density at radius 3 is 2.62 bits per heavy atom. The van der Waals surface area contributed by atoms with E-state index in [1.807, 2.05) is 43.8 Å². The molecular formula is C21H28N4O. The smallest absolute Gasteiger partial charge is 0.272 e. The molecule has 0 saturated carbocycles. The second-order valence-corrected chi connectivity index (χ2v) is 7.34. The van der Waals surface area contributed by atoms with Crippen LogP contribution in [0.15, 0.2) is 36.4 Å². The van der Waals surface area contributed by atoms with Gasteiger partial charge in [0.2, 0.25) is 0 Å². The molecule has 5 nitrogen and oxygen atoms in total. The van der Waals surface area contributed by atoms with Crippen LogP contribution in [0, 0.1) is 5.92 Å².